The maximum atomic E-state index is 12.5. The molecule has 0 aliphatic carbocycles. The van der Waals surface area contributed by atoms with Crippen LogP contribution in [0.2, 0.25) is 0 Å². The Labute approximate surface area is 107 Å². The van der Waals surface area contributed by atoms with E-state index in [-0.39, 0.29) is 12.5 Å². The van der Waals surface area contributed by atoms with Crippen molar-refractivity contribution in [1.29, 1.82) is 0 Å². The quantitative estimate of drug-likeness (QED) is 0.697. The second-order valence-electron chi connectivity index (χ2n) is 4.68. The Morgan fingerprint density at radius 1 is 1.39 bits per heavy atom. The molecule has 0 atom stereocenters. The van der Waals surface area contributed by atoms with Gasteiger partial charge in [-0.15, -0.1) is 0 Å². The normalized spacial score (nSPS) is 18.3. The molecule has 1 heterocycles. The van der Waals surface area contributed by atoms with E-state index in [9.17, 15) is 9.59 Å². The zero-order chi connectivity index (χ0) is 13.6. The minimum absolute atomic E-state index is 0.101. The van der Waals surface area contributed by atoms with Crippen LogP contribution in [0.3, 0.4) is 0 Å². The number of carbonyl (C=O) groups excluding carboxylic acids is 1. The van der Waals surface area contributed by atoms with Crippen molar-refractivity contribution in [3.8, 4) is 0 Å². The number of likely N-dealkylation sites (N-methyl/N-ethyl adjacent to an activating group) is 1. The Balaban J connectivity index is 2.82. The predicted octanol–water partition coefficient (Wildman–Crippen LogP) is -0.0643. The van der Waals surface area contributed by atoms with Gasteiger partial charge in [0.2, 0.25) is 5.91 Å². The molecule has 6 heteroatoms. The van der Waals surface area contributed by atoms with Crippen molar-refractivity contribution >= 4 is 11.9 Å². The molecule has 0 unspecified atom stereocenters. The molecule has 0 spiro atoms. The first-order valence-corrected chi connectivity index (χ1v) is 6.26. The average molecular weight is 258 g/mol. The summed E-state index contributed by atoms with van der Waals surface area (Å²) in [6.07, 6.45) is 1.38. The number of aliphatic carboxylic acids is 1. The number of piperidine rings is 1. The van der Waals surface area contributed by atoms with Gasteiger partial charge in [-0.25, -0.2) is 0 Å². The summed E-state index contributed by atoms with van der Waals surface area (Å²) in [5.74, 6) is -1.08. The summed E-state index contributed by atoms with van der Waals surface area (Å²) in [6, 6.07) is 0. The molecule has 0 bridgehead atoms. The lowest BCUT2D eigenvalue weighted by Gasteiger charge is -2.38. The third-order valence-electron chi connectivity index (χ3n) is 3.43. The highest BCUT2D eigenvalue weighted by atomic mass is 16.5. The van der Waals surface area contributed by atoms with E-state index in [1.165, 1.54) is 4.90 Å². The van der Waals surface area contributed by atoms with E-state index in [1.807, 2.05) is 0 Å². The summed E-state index contributed by atoms with van der Waals surface area (Å²) < 4.78 is 5.18. The fourth-order valence-corrected chi connectivity index (χ4v) is 2.43. The van der Waals surface area contributed by atoms with Crippen molar-refractivity contribution in [2.45, 2.75) is 19.8 Å². The Morgan fingerprint density at radius 2 is 2.00 bits per heavy atom. The first-order chi connectivity index (χ1) is 8.55. The van der Waals surface area contributed by atoms with Gasteiger partial charge in [-0.1, -0.05) is 0 Å². The Morgan fingerprint density at radius 3 is 2.44 bits per heavy atom. The molecule has 104 valence electrons. The van der Waals surface area contributed by atoms with Crippen molar-refractivity contribution in [3.63, 3.8) is 0 Å². The maximum Gasteiger partial charge on any atom is 0.323 e. The number of carboxylic acids is 1. The molecule has 1 fully saturated rings. The van der Waals surface area contributed by atoms with Crippen LogP contribution < -0.4 is 5.32 Å². The summed E-state index contributed by atoms with van der Waals surface area (Å²) in [4.78, 5) is 24.7. The molecule has 0 radical (unpaired) electrons. The van der Waals surface area contributed by atoms with E-state index >= 15 is 0 Å². The van der Waals surface area contributed by atoms with Gasteiger partial charge in [0.15, 0.2) is 0 Å². The van der Waals surface area contributed by atoms with Gasteiger partial charge in [0, 0.05) is 13.7 Å². The van der Waals surface area contributed by atoms with Gasteiger partial charge in [0.05, 0.1) is 12.0 Å². The molecular weight excluding hydrogens is 236 g/mol. The van der Waals surface area contributed by atoms with Crippen molar-refractivity contribution in [1.82, 2.24) is 10.2 Å². The number of ether oxygens (including phenoxy) is 1. The Hall–Kier alpha value is -1.14. The van der Waals surface area contributed by atoms with E-state index in [2.05, 4.69) is 5.32 Å². The van der Waals surface area contributed by atoms with Crippen LogP contribution in [0.15, 0.2) is 0 Å². The lowest BCUT2D eigenvalue weighted by atomic mass is 9.78. The molecule has 0 saturated carbocycles. The molecular formula is C12H22N2O4. The summed E-state index contributed by atoms with van der Waals surface area (Å²) in [7, 11) is 1.57. The molecule has 0 aromatic carbocycles. The second kappa shape index (κ2) is 6.70. The van der Waals surface area contributed by atoms with E-state index < -0.39 is 11.4 Å². The highest BCUT2D eigenvalue weighted by Gasteiger charge is 2.42. The van der Waals surface area contributed by atoms with Crippen molar-refractivity contribution in [2.75, 3.05) is 39.9 Å². The second-order valence-corrected chi connectivity index (χ2v) is 4.68. The summed E-state index contributed by atoms with van der Waals surface area (Å²) in [6.45, 7) is 3.84. The topological polar surface area (TPSA) is 78.9 Å². The number of hydrogen-bond acceptors (Lipinski definition) is 4. The number of nitrogens with one attached hydrogen (secondary N) is 1. The molecule has 1 aliphatic heterocycles. The fourth-order valence-electron chi connectivity index (χ4n) is 2.43. The third kappa shape index (κ3) is 3.43. The number of amides is 1. The highest BCUT2D eigenvalue weighted by Crippen LogP contribution is 2.31. The van der Waals surface area contributed by atoms with Crippen LogP contribution in [0.25, 0.3) is 0 Å². The van der Waals surface area contributed by atoms with Crippen LogP contribution in [0.1, 0.15) is 19.8 Å². The van der Waals surface area contributed by atoms with Crippen LogP contribution in [0.4, 0.5) is 0 Å². The number of carboxylic acid groups (broad SMARTS) is 1. The number of nitrogens with zero attached hydrogens (tertiary/aromatic N) is 1. The summed E-state index contributed by atoms with van der Waals surface area (Å²) >= 11 is 0. The molecule has 6 nitrogen and oxygen atoms in total. The fraction of sp³-hybridized carbons (Fsp3) is 0.833. The van der Waals surface area contributed by atoms with Gasteiger partial charge in [-0.2, -0.15) is 0 Å². The van der Waals surface area contributed by atoms with Crippen LogP contribution in [-0.4, -0.2) is 61.8 Å². The zero-order valence-electron chi connectivity index (χ0n) is 11.1. The van der Waals surface area contributed by atoms with Gasteiger partial charge >= 0.3 is 5.97 Å². The van der Waals surface area contributed by atoms with Crippen LogP contribution >= 0.6 is 0 Å². The van der Waals surface area contributed by atoms with E-state index in [0.717, 1.165) is 13.1 Å². The molecule has 1 amide bonds. The van der Waals surface area contributed by atoms with Crippen LogP contribution in [0, 0.1) is 5.41 Å². The third-order valence-corrected chi connectivity index (χ3v) is 3.43. The first kappa shape index (κ1) is 14.9. The smallest absolute Gasteiger partial charge is 0.323 e. The first-order valence-electron chi connectivity index (χ1n) is 6.26. The van der Waals surface area contributed by atoms with Gasteiger partial charge in [0.25, 0.3) is 0 Å². The molecule has 1 aliphatic rings. The van der Waals surface area contributed by atoms with Crippen LogP contribution in [-0.2, 0) is 14.3 Å². The average Bonchev–Trinajstić information content (AvgIpc) is 2.36. The van der Waals surface area contributed by atoms with Gasteiger partial charge in [0.1, 0.15) is 6.54 Å². The summed E-state index contributed by atoms with van der Waals surface area (Å²) in [5.41, 5.74) is -0.564. The standard InChI is InChI=1S/C12H22N2O4/c1-3-14(8-10(15)16)11(17)12(9-18-2)4-6-13-7-5-12/h13H,3-9H2,1-2H3,(H,15,16). The van der Waals surface area contributed by atoms with E-state index in [4.69, 9.17) is 9.84 Å². The maximum absolute atomic E-state index is 12.5. The Bertz CT molecular complexity index is 295. The number of rotatable bonds is 6. The Kier molecular flexibility index (Phi) is 5.55. The van der Waals surface area contributed by atoms with Gasteiger partial charge in [-0.3, -0.25) is 9.59 Å². The lowest BCUT2D eigenvalue weighted by Crippen LogP contribution is -2.52. The van der Waals surface area contributed by atoms with Crippen LogP contribution in [0.5, 0.6) is 0 Å². The lowest BCUT2D eigenvalue weighted by molar-refractivity contribution is -0.153. The highest BCUT2D eigenvalue weighted by molar-refractivity contribution is 5.86. The van der Waals surface area contributed by atoms with Crippen molar-refractivity contribution < 1.29 is 19.4 Å². The minimum atomic E-state index is -0.980. The van der Waals surface area contributed by atoms with Gasteiger partial charge in [-0.05, 0) is 32.9 Å². The molecule has 2 N–H and O–H groups in total. The minimum Gasteiger partial charge on any atom is -0.480 e. The van der Waals surface area contributed by atoms with Crippen molar-refractivity contribution in [3.05, 3.63) is 0 Å². The van der Waals surface area contributed by atoms with E-state index in [1.54, 1.807) is 14.0 Å². The van der Waals surface area contributed by atoms with E-state index in [0.29, 0.717) is 26.0 Å². The largest absolute Gasteiger partial charge is 0.480 e. The van der Waals surface area contributed by atoms with Gasteiger partial charge < -0.3 is 20.1 Å². The SMILES string of the molecule is CCN(CC(=O)O)C(=O)C1(COC)CCNCC1. The summed E-state index contributed by atoms with van der Waals surface area (Å²) in [5, 5.41) is 12.0. The number of hydrogen-bond donors (Lipinski definition) is 2. The monoisotopic (exact) mass is 258 g/mol. The molecule has 0 aromatic heterocycles. The number of methoxy groups -OCH3 is 1. The predicted molar refractivity (Wildman–Crippen MR) is 66.3 cm³/mol. The molecule has 18 heavy (non-hydrogen) atoms. The number of carbonyl (C=O) groups is 2. The zero-order valence-corrected chi connectivity index (χ0v) is 11.1. The molecule has 1 saturated heterocycles. The van der Waals surface area contributed by atoms with Crippen molar-refractivity contribution in [2.24, 2.45) is 5.41 Å². The molecule has 0 aromatic rings. The molecule has 1 rings (SSSR count).